The molecule has 3 heteroatoms. The molecule has 1 aromatic rings. The number of carbonyl (C=O) groups excluding carboxylic acids is 1. The van der Waals surface area contributed by atoms with Crippen molar-refractivity contribution in [1.29, 1.82) is 0 Å². The Labute approximate surface area is 105 Å². The van der Waals surface area contributed by atoms with Gasteiger partial charge < -0.3 is 4.74 Å². The van der Waals surface area contributed by atoms with Crippen molar-refractivity contribution in [2.75, 3.05) is 6.61 Å². The van der Waals surface area contributed by atoms with E-state index in [9.17, 15) is 4.79 Å². The molecule has 88 valence electrons. The fourth-order valence-electron chi connectivity index (χ4n) is 1.58. The number of hydrogen-bond acceptors (Lipinski definition) is 3. The Morgan fingerprint density at radius 2 is 2.12 bits per heavy atom. The van der Waals surface area contributed by atoms with E-state index >= 15 is 0 Å². The summed E-state index contributed by atoms with van der Waals surface area (Å²) in [5.74, 6) is -0.0292. The van der Waals surface area contributed by atoms with Gasteiger partial charge in [-0.1, -0.05) is 48.2 Å². The quantitative estimate of drug-likeness (QED) is 0.761. The largest absolute Gasteiger partial charge is 0.465 e. The van der Waals surface area contributed by atoms with Crippen LogP contribution in [0.1, 0.15) is 6.92 Å². The first-order valence-electron chi connectivity index (χ1n) is 5.50. The normalized spacial score (nSPS) is 17.9. The molecule has 1 aromatic carbocycles. The summed E-state index contributed by atoms with van der Waals surface area (Å²) in [5, 5.41) is 0. The lowest BCUT2D eigenvalue weighted by molar-refractivity contribution is -0.141. The second kappa shape index (κ2) is 5.73. The van der Waals surface area contributed by atoms with E-state index in [2.05, 4.69) is 24.3 Å². The molecule has 2 rings (SSSR count). The maximum Gasteiger partial charge on any atom is 0.302 e. The van der Waals surface area contributed by atoms with Gasteiger partial charge in [-0.3, -0.25) is 4.79 Å². The lowest BCUT2D eigenvalue weighted by Crippen LogP contribution is -2.09. The van der Waals surface area contributed by atoms with E-state index in [4.69, 9.17) is 4.74 Å². The molecule has 0 saturated heterocycles. The number of allylic oxidation sites excluding steroid dienone is 2. The molecule has 17 heavy (non-hydrogen) atoms. The first-order chi connectivity index (χ1) is 8.25. The molecule has 0 radical (unpaired) electrons. The van der Waals surface area contributed by atoms with Crippen molar-refractivity contribution in [2.45, 2.75) is 11.8 Å². The Hall–Kier alpha value is -1.48. The van der Waals surface area contributed by atoms with Crippen LogP contribution in [-0.2, 0) is 9.53 Å². The highest BCUT2D eigenvalue weighted by Crippen LogP contribution is 2.35. The maximum atomic E-state index is 10.8. The summed E-state index contributed by atoms with van der Waals surface area (Å²) >= 11 is 1.72. The molecule has 0 amide bonds. The molecule has 0 bridgehead atoms. The van der Waals surface area contributed by atoms with Crippen molar-refractivity contribution in [1.82, 2.24) is 0 Å². The predicted molar refractivity (Wildman–Crippen MR) is 69.6 cm³/mol. The molecule has 1 aliphatic rings. The SMILES string of the molecule is CC(=O)OC[C@H]1C=CC=C1Sc1ccccc1. The molecular weight excluding hydrogens is 232 g/mol. The van der Waals surface area contributed by atoms with Gasteiger partial charge in [0.15, 0.2) is 0 Å². The Kier molecular flexibility index (Phi) is 4.04. The van der Waals surface area contributed by atoms with Crippen LogP contribution < -0.4 is 0 Å². The minimum absolute atomic E-state index is 0.198. The Morgan fingerprint density at radius 1 is 1.35 bits per heavy atom. The number of thioether (sulfide) groups is 1. The number of rotatable bonds is 4. The van der Waals surface area contributed by atoms with Crippen molar-refractivity contribution in [2.24, 2.45) is 5.92 Å². The number of ether oxygens (including phenoxy) is 1. The summed E-state index contributed by atoms with van der Waals surface area (Å²) < 4.78 is 5.05. The summed E-state index contributed by atoms with van der Waals surface area (Å²) in [4.78, 5) is 13.2. The number of benzene rings is 1. The van der Waals surface area contributed by atoms with Crippen LogP contribution in [0.4, 0.5) is 0 Å². The Bertz CT molecular complexity index is 449. The van der Waals surface area contributed by atoms with Gasteiger partial charge in [0.1, 0.15) is 6.61 Å². The first kappa shape index (κ1) is 12.0. The van der Waals surface area contributed by atoms with Gasteiger partial charge in [-0.25, -0.2) is 0 Å². The van der Waals surface area contributed by atoms with Crippen LogP contribution in [0.3, 0.4) is 0 Å². The molecular formula is C14H14O2S. The van der Waals surface area contributed by atoms with Crippen LogP contribution in [0.2, 0.25) is 0 Å². The van der Waals surface area contributed by atoms with E-state index in [-0.39, 0.29) is 11.9 Å². The van der Waals surface area contributed by atoms with Crippen molar-refractivity contribution in [3.8, 4) is 0 Å². The molecule has 1 aliphatic carbocycles. The van der Waals surface area contributed by atoms with Gasteiger partial charge >= 0.3 is 5.97 Å². The van der Waals surface area contributed by atoms with Gasteiger partial charge in [0.05, 0.1) is 0 Å². The predicted octanol–water partition coefficient (Wildman–Crippen LogP) is 3.41. The molecule has 0 N–H and O–H groups in total. The van der Waals surface area contributed by atoms with E-state index in [0.717, 1.165) is 0 Å². The highest BCUT2D eigenvalue weighted by molar-refractivity contribution is 8.03. The molecule has 0 spiro atoms. The molecule has 0 aromatic heterocycles. The second-order valence-electron chi connectivity index (χ2n) is 3.78. The summed E-state index contributed by atoms with van der Waals surface area (Å²) in [5.41, 5.74) is 0. The highest BCUT2D eigenvalue weighted by atomic mass is 32.2. The molecule has 1 atom stereocenters. The number of carbonyl (C=O) groups is 1. The zero-order valence-electron chi connectivity index (χ0n) is 9.63. The third kappa shape index (κ3) is 3.49. The van der Waals surface area contributed by atoms with Crippen LogP contribution in [0.5, 0.6) is 0 Å². The van der Waals surface area contributed by atoms with E-state index < -0.39 is 0 Å². The van der Waals surface area contributed by atoms with Crippen molar-refractivity contribution in [3.63, 3.8) is 0 Å². The fraction of sp³-hybridized carbons (Fsp3) is 0.214. The average molecular weight is 246 g/mol. The van der Waals surface area contributed by atoms with Gasteiger partial charge in [-0.15, -0.1) is 0 Å². The van der Waals surface area contributed by atoms with E-state index in [0.29, 0.717) is 6.61 Å². The van der Waals surface area contributed by atoms with Gasteiger partial charge in [-0.2, -0.15) is 0 Å². The Morgan fingerprint density at radius 3 is 2.82 bits per heavy atom. The summed E-state index contributed by atoms with van der Waals surface area (Å²) in [7, 11) is 0. The molecule has 0 heterocycles. The lowest BCUT2D eigenvalue weighted by atomic mass is 10.2. The second-order valence-corrected chi connectivity index (χ2v) is 4.93. The zero-order chi connectivity index (χ0) is 12.1. The maximum absolute atomic E-state index is 10.8. The van der Waals surface area contributed by atoms with E-state index in [1.54, 1.807) is 11.8 Å². The minimum Gasteiger partial charge on any atom is -0.465 e. The van der Waals surface area contributed by atoms with Crippen LogP contribution in [0.15, 0.2) is 58.4 Å². The number of hydrogen-bond donors (Lipinski definition) is 0. The van der Waals surface area contributed by atoms with Crippen LogP contribution in [0, 0.1) is 5.92 Å². The van der Waals surface area contributed by atoms with Gasteiger partial charge in [0.2, 0.25) is 0 Å². The monoisotopic (exact) mass is 246 g/mol. The molecule has 0 fully saturated rings. The topological polar surface area (TPSA) is 26.3 Å². The Balaban J connectivity index is 1.95. The zero-order valence-corrected chi connectivity index (χ0v) is 10.4. The third-order valence-corrected chi connectivity index (χ3v) is 3.60. The van der Waals surface area contributed by atoms with E-state index in [1.165, 1.54) is 16.7 Å². The van der Waals surface area contributed by atoms with Gasteiger partial charge in [0, 0.05) is 22.6 Å². The summed E-state index contributed by atoms with van der Waals surface area (Å²) in [6.07, 6.45) is 6.15. The first-order valence-corrected chi connectivity index (χ1v) is 6.32. The molecule has 0 saturated carbocycles. The molecule has 0 aliphatic heterocycles. The van der Waals surface area contributed by atoms with Crippen molar-refractivity contribution < 1.29 is 9.53 Å². The van der Waals surface area contributed by atoms with Crippen molar-refractivity contribution in [3.05, 3.63) is 53.5 Å². The lowest BCUT2D eigenvalue weighted by Gasteiger charge is -2.13. The van der Waals surface area contributed by atoms with Crippen LogP contribution in [-0.4, -0.2) is 12.6 Å². The fourth-order valence-corrected chi connectivity index (χ4v) is 2.59. The molecule has 0 unspecified atom stereocenters. The van der Waals surface area contributed by atoms with E-state index in [1.807, 2.05) is 24.3 Å². The van der Waals surface area contributed by atoms with Gasteiger partial charge in [-0.05, 0) is 12.1 Å². The minimum atomic E-state index is -0.227. The van der Waals surface area contributed by atoms with Crippen molar-refractivity contribution >= 4 is 17.7 Å². The molecule has 2 nitrogen and oxygen atoms in total. The number of esters is 1. The van der Waals surface area contributed by atoms with Gasteiger partial charge in [0.25, 0.3) is 0 Å². The third-order valence-electron chi connectivity index (χ3n) is 2.41. The smallest absolute Gasteiger partial charge is 0.302 e. The van der Waals surface area contributed by atoms with Crippen LogP contribution >= 0.6 is 11.8 Å². The highest BCUT2D eigenvalue weighted by Gasteiger charge is 2.17. The standard InChI is InChI=1S/C14H14O2S/c1-11(15)16-10-12-6-5-9-14(12)17-13-7-3-2-4-8-13/h2-9,12H,10H2,1H3/t12-/m1/s1. The average Bonchev–Trinajstić information content (AvgIpc) is 2.75. The van der Waals surface area contributed by atoms with Crippen LogP contribution in [0.25, 0.3) is 0 Å². The summed E-state index contributed by atoms with van der Waals surface area (Å²) in [6, 6.07) is 10.2. The summed E-state index contributed by atoms with van der Waals surface area (Å²) in [6.45, 7) is 1.86.